The predicted molar refractivity (Wildman–Crippen MR) is 87.1 cm³/mol. The Labute approximate surface area is 132 Å². The molecule has 1 aromatic rings. The van der Waals surface area contributed by atoms with Gasteiger partial charge in [0.1, 0.15) is 0 Å². The minimum Gasteiger partial charge on any atom is -0.379 e. The molecular formula is C17H26N2O3. The second-order valence-corrected chi connectivity index (χ2v) is 5.93. The summed E-state index contributed by atoms with van der Waals surface area (Å²) in [7, 11) is 1.77. The second-order valence-electron chi connectivity index (χ2n) is 5.93. The average molecular weight is 306 g/mol. The Kier molecular flexibility index (Phi) is 5.91. The van der Waals surface area contributed by atoms with Crippen molar-refractivity contribution >= 4 is 5.69 Å². The van der Waals surface area contributed by atoms with Gasteiger partial charge in [0.05, 0.1) is 17.1 Å². The van der Waals surface area contributed by atoms with Gasteiger partial charge in [-0.2, -0.15) is 0 Å². The van der Waals surface area contributed by atoms with Gasteiger partial charge in [-0.3, -0.25) is 15.0 Å². The predicted octanol–water partition coefficient (Wildman–Crippen LogP) is 3.72. The molecule has 0 N–H and O–H groups in total. The number of rotatable bonds is 7. The maximum atomic E-state index is 11.0. The highest BCUT2D eigenvalue weighted by atomic mass is 16.6. The van der Waals surface area contributed by atoms with E-state index in [4.69, 9.17) is 4.74 Å². The normalized spacial score (nSPS) is 20.9. The number of nitrogens with zero attached hydrogens (tertiary/aromatic N) is 2. The van der Waals surface area contributed by atoms with E-state index in [0.29, 0.717) is 0 Å². The summed E-state index contributed by atoms with van der Waals surface area (Å²) in [5.74, 6) is 0. The molecule has 5 heteroatoms. The monoisotopic (exact) mass is 306 g/mol. The first kappa shape index (κ1) is 16.9. The van der Waals surface area contributed by atoms with Crippen LogP contribution in [0.4, 0.5) is 5.69 Å². The van der Waals surface area contributed by atoms with Gasteiger partial charge in [-0.25, -0.2) is 0 Å². The molecule has 0 amide bonds. The van der Waals surface area contributed by atoms with Crippen LogP contribution in [0.2, 0.25) is 0 Å². The topological polar surface area (TPSA) is 55.6 Å². The summed E-state index contributed by atoms with van der Waals surface area (Å²) >= 11 is 0. The van der Waals surface area contributed by atoms with Crippen molar-refractivity contribution < 1.29 is 9.66 Å². The number of hydrogen-bond acceptors (Lipinski definition) is 4. The van der Waals surface area contributed by atoms with Crippen LogP contribution in [0.3, 0.4) is 0 Å². The first-order chi connectivity index (χ1) is 10.6. The Balaban J connectivity index is 2.39. The Morgan fingerprint density at radius 1 is 1.32 bits per heavy atom. The highest BCUT2D eigenvalue weighted by Crippen LogP contribution is 2.37. The van der Waals surface area contributed by atoms with Crippen molar-refractivity contribution in [3.05, 3.63) is 39.4 Å². The SMILES string of the molecule is CCCN(CCC)C1c2ccc([N+](=O)[O-])cc2CCC1OC. The molecule has 2 atom stereocenters. The van der Waals surface area contributed by atoms with E-state index in [1.807, 2.05) is 6.07 Å². The van der Waals surface area contributed by atoms with E-state index in [2.05, 4.69) is 18.7 Å². The van der Waals surface area contributed by atoms with Gasteiger partial charge in [-0.05, 0) is 49.9 Å². The van der Waals surface area contributed by atoms with Crippen molar-refractivity contribution in [3.8, 4) is 0 Å². The lowest BCUT2D eigenvalue weighted by atomic mass is 9.84. The van der Waals surface area contributed by atoms with Crippen LogP contribution in [0.25, 0.3) is 0 Å². The summed E-state index contributed by atoms with van der Waals surface area (Å²) in [4.78, 5) is 13.2. The Hall–Kier alpha value is -1.46. The molecule has 22 heavy (non-hydrogen) atoms. The third-order valence-electron chi connectivity index (χ3n) is 4.42. The van der Waals surface area contributed by atoms with E-state index < -0.39 is 0 Å². The van der Waals surface area contributed by atoms with E-state index in [0.717, 1.165) is 44.3 Å². The van der Waals surface area contributed by atoms with Gasteiger partial charge in [0, 0.05) is 19.2 Å². The molecule has 122 valence electrons. The van der Waals surface area contributed by atoms with Crippen LogP contribution in [-0.4, -0.2) is 36.1 Å². The molecule has 5 nitrogen and oxygen atoms in total. The molecule has 0 saturated carbocycles. The van der Waals surface area contributed by atoms with Gasteiger partial charge in [0.25, 0.3) is 5.69 Å². The number of nitro benzene ring substituents is 1. The van der Waals surface area contributed by atoms with Crippen LogP contribution in [0, 0.1) is 10.1 Å². The molecule has 1 aromatic carbocycles. The molecule has 0 saturated heterocycles. The lowest BCUT2D eigenvalue weighted by Gasteiger charge is -2.40. The van der Waals surface area contributed by atoms with Gasteiger partial charge in [0.2, 0.25) is 0 Å². The Morgan fingerprint density at radius 3 is 2.55 bits per heavy atom. The highest BCUT2D eigenvalue weighted by molar-refractivity contribution is 5.43. The molecule has 2 rings (SSSR count). The molecular weight excluding hydrogens is 280 g/mol. The smallest absolute Gasteiger partial charge is 0.269 e. The molecule has 0 spiro atoms. The first-order valence-electron chi connectivity index (χ1n) is 8.16. The quantitative estimate of drug-likeness (QED) is 0.569. The Bertz CT molecular complexity index is 513. The van der Waals surface area contributed by atoms with Crippen LogP contribution < -0.4 is 0 Å². The van der Waals surface area contributed by atoms with Gasteiger partial charge in [-0.15, -0.1) is 0 Å². The van der Waals surface area contributed by atoms with E-state index in [-0.39, 0.29) is 22.8 Å². The van der Waals surface area contributed by atoms with Gasteiger partial charge in [-0.1, -0.05) is 19.9 Å². The summed E-state index contributed by atoms with van der Waals surface area (Å²) in [5.41, 5.74) is 2.49. The largest absolute Gasteiger partial charge is 0.379 e. The third kappa shape index (κ3) is 3.47. The lowest BCUT2D eigenvalue weighted by molar-refractivity contribution is -0.385. The number of methoxy groups -OCH3 is 1. The molecule has 0 radical (unpaired) electrons. The number of aryl methyl sites for hydroxylation is 1. The minimum atomic E-state index is -0.312. The number of fused-ring (bicyclic) bond motifs is 1. The molecule has 2 unspecified atom stereocenters. The van der Waals surface area contributed by atoms with E-state index in [1.165, 1.54) is 5.56 Å². The fourth-order valence-corrected chi connectivity index (χ4v) is 3.51. The van der Waals surface area contributed by atoms with Gasteiger partial charge < -0.3 is 4.74 Å². The minimum absolute atomic E-state index is 0.159. The van der Waals surface area contributed by atoms with Crippen molar-refractivity contribution in [2.45, 2.75) is 51.7 Å². The molecule has 0 bridgehead atoms. The van der Waals surface area contributed by atoms with Crippen molar-refractivity contribution in [3.63, 3.8) is 0 Å². The van der Waals surface area contributed by atoms with Crippen molar-refractivity contribution in [1.82, 2.24) is 4.90 Å². The van der Waals surface area contributed by atoms with Crippen LogP contribution in [0.15, 0.2) is 18.2 Å². The van der Waals surface area contributed by atoms with Crippen LogP contribution in [0.1, 0.15) is 50.3 Å². The number of ether oxygens (including phenoxy) is 1. The zero-order valence-electron chi connectivity index (χ0n) is 13.7. The zero-order chi connectivity index (χ0) is 16.1. The first-order valence-corrected chi connectivity index (χ1v) is 8.16. The molecule has 1 aliphatic rings. The standard InChI is InChI=1S/C17H26N2O3/c1-4-10-18(11-5-2)17-15-8-7-14(19(20)21)12-13(15)6-9-16(17)22-3/h7-8,12,16-17H,4-6,9-11H2,1-3H3. The fourth-order valence-electron chi connectivity index (χ4n) is 3.51. The van der Waals surface area contributed by atoms with Gasteiger partial charge in [0.15, 0.2) is 0 Å². The van der Waals surface area contributed by atoms with Crippen LogP contribution >= 0.6 is 0 Å². The molecule has 0 aromatic heterocycles. The maximum Gasteiger partial charge on any atom is 0.269 e. The summed E-state index contributed by atoms with van der Waals surface area (Å²) < 4.78 is 5.74. The number of benzene rings is 1. The highest BCUT2D eigenvalue weighted by Gasteiger charge is 2.34. The maximum absolute atomic E-state index is 11.0. The fraction of sp³-hybridized carbons (Fsp3) is 0.647. The van der Waals surface area contributed by atoms with Gasteiger partial charge >= 0.3 is 0 Å². The number of non-ortho nitro benzene ring substituents is 1. The summed E-state index contributed by atoms with van der Waals surface area (Å²) in [5, 5.41) is 11.0. The summed E-state index contributed by atoms with van der Waals surface area (Å²) in [6.45, 7) is 6.41. The van der Waals surface area contributed by atoms with E-state index >= 15 is 0 Å². The lowest BCUT2D eigenvalue weighted by Crippen LogP contribution is -2.41. The average Bonchev–Trinajstić information content (AvgIpc) is 2.53. The number of nitro groups is 1. The van der Waals surface area contributed by atoms with E-state index in [1.54, 1.807) is 19.2 Å². The molecule has 0 heterocycles. The number of hydrogen-bond donors (Lipinski definition) is 0. The Morgan fingerprint density at radius 2 is 2.00 bits per heavy atom. The molecule has 0 fully saturated rings. The van der Waals surface area contributed by atoms with Crippen LogP contribution in [-0.2, 0) is 11.2 Å². The summed E-state index contributed by atoms with van der Waals surface area (Å²) in [6, 6.07) is 5.50. The van der Waals surface area contributed by atoms with E-state index in [9.17, 15) is 10.1 Å². The van der Waals surface area contributed by atoms with Crippen molar-refractivity contribution in [2.24, 2.45) is 0 Å². The van der Waals surface area contributed by atoms with Crippen molar-refractivity contribution in [2.75, 3.05) is 20.2 Å². The van der Waals surface area contributed by atoms with Crippen molar-refractivity contribution in [1.29, 1.82) is 0 Å². The van der Waals surface area contributed by atoms with Crippen LogP contribution in [0.5, 0.6) is 0 Å². The summed E-state index contributed by atoms with van der Waals surface area (Å²) in [6.07, 6.45) is 4.11. The molecule has 1 aliphatic carbocycles. The third-order valence-corrected chi connectivity index (χ3v) is 4.42. The molecule has 0 aliphatic heterocycles. The second kappa shape index (κ2) is 7.70. The zero-order valence-corrected chi connectivity index (χ0v) is 13.7.